The van der Waals surface area contributed by atoms with Crippen molar-refractivity contribution in [2.24, 2.45) is 5.92 Å². The third-order valence-corrected chi connectivity index (χ3v) is 4.67. The molecule has 0 bridgehead atoms. The summed E-state index contributed by atoms with van der Waals surface area (Å²) in [5.41, 5.74) is 2.29. The Morgan fingerprint density at radius 1 is 1.15 bits per heavy atom. The van der Waals surface area contributed by atoms with Gasteiger partial charge in [0.25, 0.3) is 5.91 Å². The highest BCUT2D eigenvalue weighted by molar-refractivity contribution is 6.03. The molecule has 0 radical (unpaired) electrons. The highest BCUT2D eigenvalue weighted by Gasteiger charge is 2.36. The fraction of sp³-hybridized carbons (Fsp3) is 0.364. The van der Waals surface area contributed by atoms with Gasteiger partial charge in [0.1, 0.15) is 11.8 Å². The average molecular weight is 366 g/mol. The van der Waals surface area contributed by atoms with Gasteiger partial charge < -0.3 is 15.0 Å². The van der Waals surface area contributed by atoms with Gasteiger partial charge in [0.2, 0.25) is 5.91 Å². The Bertz CT molecular complexity index is 832. The number of para-hydroxylation sites is 2. The zero-order valence-electron chi connectivity index (χ0n) is 16.1. The van der Waals surface area contributed by atoms with Crippen molar-refractivity contribution in [1.29, 1.82) is 0 Å². The van der Waals surface area contributed by atoms with Gasteiger partial charge in [0.15, 0.2) is 0 Å². The van der Waals surface area contributed by atoms with E-state index < -0.39 is 6.04 Å². The molecule has 1 atom stereocenters. The zero-order valence-corrected chi connectivity index (χ0v) is 16.1. The Kier molecular flexibility index (Phi) is 5.79. The summed E-state index contributed by atoms with van der Waals surface area (Å²) in [7, 11) is 0. The van der Waals surface area contributed by atoms with E-state index in [2.05, 4.69) is 19.2 Å². The normalized spacial score (nSPS) is 14.2. The second-order valence-corrected chi connectivity index (χ2v) is 7.15. The molecule has 1 aliphatic heterocycles. The third-order valence-electron chi connectivity index (χ3n) is 4.67. The first-order chi connectivity index (χ1) is 13.0. The maximum absolute atomic E-state index is 13.1. The van der Waals surface area contributed by atoms with Crippen molar-refractivity contribution in [2.75, 3.05) is 11.9 Å². The number of carbonyl (C=O) groups excluding carboxylic acids is 2. The van der Waals surface area contributed by atoms with E-state index in [1.807, 2.05) is 55.5 Å². The number of anilines is 1. The van der Waals surface area contributed by atoms with Gasteiger partial charge in [-0.25, -0.2) is 0 Å². The minimum absolute atomic E-state index is 0.0792. The lowest BCUT2D eigenvalue weighted by atomic mass is 10.0. The number of benzene rings is 2. The number of hydrogen-bond donors (Lipinski definition) is 1. The number of amides is 2. The van der Waals surface area contributed by atoms with Crippen molar-refractivity contribution in [2.45, 2.75) is 39.8 Å². The molecule has 0 saturated heterocycles. The zero-order chi connectivity index (χ0) is 19.4. The van der Waals surface area contributed by atoms with Crippen LogP contribution in [0.2, 0.25) is 0 Å². The van der Waals surface area contributed by atoms with Crippen LogP contribution < -0.4 is 10.1 Å². The molecule has 3 rings (SSSR count). The van der Waals surface area contributed by atoms with E-state index in [1.165, 1.54) is 0 Å². The monoisotopic (exact) mass is 366 g/mol. The van der Waals surface area contributed by atoms with Gasteiger partial charge in [-0.05, 0) is 43.0 Å². The Morgan fingerprint density at radius 2 is 1.85 bits per heavy atom. The molecule has 0 spiro atoms. The van der Waals surface area contributed by atoms with E-state index in [0.29, 0.717) is 36.6 Å². The summed E-state index contributed by atoms with van der Waals surface area (Å²) >= 11 is 0. The molecule has 5 heteroatoms. The first-order valence-electron chi connectivity index (χ1n) is 9.42. The summed E-state index contributed by atoms with van der Waals surface area (Å²) in [6.07, 6.45) is 0.600. The fourth-order valence-corrected chi connectivity index (χ4v) is 3.42. The molecule has 2 aromatic carbocycles. The molecule has 142 valence electrons. The van der Waals surface area contributed by atoms with E-state index >= 15 is 0 Å². The van der Waals surface area contributed by atoms with Crippen molar-refractivity contribution in [3.8, 4) is 5.75 Å². The second kappa shape index (κ2) is 8.25. The van der Waals surface area contributed by atoms with Crippen LogP contribution in [0.5, 0.6) is 5.75 Å². The standard InChI is InChI=1S/C22H26N2O3/c1-4-27-20-12-8-7-11-18(20)23-21(25)19(13-15(2)3)24-14-16-9-5-6-10-17(16)22(24)26/h5-12,15,19H,4,13-14H2,1-3H3,(H,23,25)/t19-/m0/s1. The molecule has 1 heterocycles. The van der Waals surface area contributed by atoms with Crippen LogP contribution in [0, 0.1) is 5.92 Å². The first kappa shape index (κ1) is 19.0. The van der Waals surface area contributed by atoms with Crippen LogP contribution in [0.3, 0.4) is 0 Å². The van der Waals surface area contributed by atoms with Crippen LogP contribution in [0.25, 0.3) is 0 Å². The summed E-state index contributed by atoms with van der Waals surface area (Å²) < 4.78 is 5.60. The minimum atomic E-state index is -0.528. The molecule has 0 aromatic heterocycles. The predicted molar refractivity (Wildman–Crippen MR) is 106 cm³/mol. The fourth-order valence-electron chi connectivity index (χ4n) is 3.42. The molecule has 0 aliphatic carbocycles. The third kappa shape index (κ3) is 4.13. The van der Waals surface area contributed by atoms with Gasteiger partial charge in [-0.15, -0.1) is 0 Å². The maximum atomic E-state index is 13.1. The smallest absolute Gasteiger partial charge is 0.255 e. The summed E-state index contributed by atoms with van der Waals surface area (Å²) in [6.45, 7) is 7.00. The van der Waals surface area contributed by atoms with Crippen molar-refractivity contribution in [3.63, 3.8) is 0 Å². The number of hydrogen-bond acceptors (Lipinski definition) is 3. The number of nitrogens with one attached hydrogen (secondary N) is 1. The predicted octanol–water partition coefficient (Wildman–Crippen LogP) is 4.09. The Balaban J connectivity index is 1.84. The summed E-state index contributed by atoms with van der Waals surface area (Å²) in [5, 5.41) is 2.97. The number of rotatable bonds is 7. The van der Waals surface area contributed by atoms with Gasteiger partial charge >= 0.3 is 0 Å². The molecule has 1 aliphatic rings. The highest BCUT2D eigenvalue weighted by Crippen LogP contribution is 2.29. The van der Waals surface area contributed by atoms with Crippen LogP contribution in [0.15, 0.2) is 48.5 Å². The molecular formula is C22H26N2O3. The van der Waals surface area contributed by atoms with E-state index in [0.717, 1.165) is 5.56 Å². The largest absolute Gasteiger partial charge is 0.492 e. The molecule has 2 amide bonds. The van der Waals surface area contributed by atoms with Crippen molar-refractivity contribution in [1.82, 2.24) is 4.90 Å². The Labute approximate surface area is 160 Å². The van der Waals surface area contributed by atoms with Gasteiger partial charge in [-0.3, -0.25) is 9.59 Å². The van der Waals surface area contributed by atoms with Crippen molar-refractivity contribution < 1.29 is 14.3 Å². The average Bonchev–Trinajstić information content (AvgIpc) is 2.98. The molecule has 0 saturated carbocycles. The van der Waals surface area contributed by atoms with Gasteiger partial charge in [0, 0.05) is 12.1 Å². The number of nitrogens with zero attached hydrogens (tertiary/aromatic N) is 1. The lowest BCUT2D eigenvalue weighted by Crippen LogP contribution is -2.45. The summed E-state index contributed by atoms with van der Waals surface area (Å²) in [6, 6.07) is 14.4. The molecule has 0 fully saturated rings. The van der Waals surface area contributed by atoms with Crippen LogP contribution in [0.1, 0.15) is 43.1 Å². The molecular weight excluding hydrogens is 340 g/mol. The van der Waals surface area contributed by atoms with E-state index in [4.69, 9.17) is 4.74 Å². The van der Waals surface area contributed by atoms with Crippen molar-refractivity contribution >= 4 is 17.5 Å². The summed E-state index contributed by atoms with van der Waals surface area (Å²) in [4.78, 5) is 27.7. The van der Waals surface area contributed by atoms with Gasteiger partial charge in [-0.1, -0.05) is 44.2 Å². The molecule has 1 N–H and O–H groups in total. The summed E-state index contributed by atoms with van der Waals surface area (Å²) in [5.74, 6) is 0.647. The quantitative estimate of drug-likeness (QED) is 0.803. The lowest BCUT2D eigenvalue weighted by Gasteiger charge is -2.28. The van der Waals surface area contributed by atoms with Crippen LogP contribution >= 0.6 is 0 Å². The minimum Gasteiger partial charge on any atom is -0.492 e. The lowest BCUT2D eigenvalue weighted by molar-refractivity contribution is -0.121. The van der Waals surface area contributed by atoms with Gasteiger partial charge in [-0.2, -0.15) is 0 Å². The maximum Gasteiger partial charge on any atom is 0.255 e. The Hall–Kier alpha value is -2.82. The van der Waals surface area contributed by atoms with E-state index in [-0.39, 0.29) is 17.7 Å². The molecule has 2 aromatic rings. The highest BCUT2D eigenvalue weighted by atomic mass is 16.5. The first-order valence-corrected chi connectivity index (χ1v) is 9.42. The van der Waals surface area contributed by atoms with Crippen LogP contribution in [-0.4, -0.2) is 29.4 Å². The number of fused-ring (bicyclic) bond motifs is 1. The van der Waals surface area contributed by atoms with Gasteiger partial charge in [0.05, 0.1) is 12.3 Å². The molecule has 27 heavy (non-hydrogen) atoms. The SMILES string of the molecule is CCOc1ccccc1NC(=O)[C@H](CC(C)C)N1Cc2ccccc2C1=O. The topological polar surface area (TPSA) is 58.6 Å². The molecule has 0 unspecified atom stereocenters. The number of ether oxygens (including phenoxy) is 1. The number of carbonyl (C=O) groups is 2. The molecule has 5 nitrogen and oxygen atoms in total. The Morgan fingerprint density at radius 3 is 2.56 bits per heavy atom. The van der Waals surface area contributed by atoms with E-state index in [1.54, 1.807) is 4.90 Å². The second-order valence-electron chi connectivity index (χ2n) is 7.15. The van der Waals surface area contributed by atoms with Crippen LogP contribution in [0.4, 0.5) is 5.69 Å². The van der Waals surface area contributed by atoms with Crippen molar-refractivity contribution in [3.05, 3.63) is 59.7 Å². The van der Waals surface area contributed by atoms with E-state index in [9.17, 15) is 9.59 Å². The van der Waals surface area contributed by atoms with Crippen LogP contribution in [-0.2, 0) is 11.3 Å².